The van der Waals surface area contributed by atoms with E-state index in [0.717, 1.165) is 20.0 Å². The van der Waals surface area contributed by atoms with E-state index in [1.54, 1.807) is 30.3 Å². The molecule has 1 amide bonds. The van der Waals surface area contributed by atoms with Crippen molar-refractivity contribution >= 4 is 49.4 Å². The molecule has 3 aromatic rings. The van der Waals surface area contributed by atoms with E-state index in [0.29, 0.717) is 0 Å². The van der Waals surface area contributed by atoms with Crippen molar-refractivity contribution in [2.24, 2.45) is 5.10 Å². The van der Waals surface area contributed by atoms with Gasteiger partial charge in [0.25, 0.3) is 15.9 Å². The first-order valence-corrected chi connectivity index (χ1v) is 11.8. The fourth-order valence-electron chi connectivity index (χ4n) is 2.85. The predicted molar refractivity (Wildman–Crippen MR) is 129 cm³/mol. The van der Waals surface area contributed by atoms with Gasteiger partial charge in [-0.2, -0.15) is 5.10 Å². The van der Waals surface area contributed by atoms with E-state index in [1.165, 1.54) is 30.7 Å². The Morgan fingerprint density at radius 2 is 1.88 bits per heavy atom. The zero-order valence-electron chi connectivity index (χ0n) is 17.5. The fraction of sp³-hybridized carbons (Fsp3) is 0.136. The average molecular weight is 516 g/mol. The molecule has 0 unspecified atom stereocenters. The standard InChI is InChI=1S/C22H22BrN5O3S/c1-27(2)21-11-10-17(13-20(21)23)14-25-26-22(29)16-28(18-7-6-12-24-15-18)32(30,31)19-8-4-3-5-9-19/h3-15H,16H2,1-2H3,(H,26,29)/b25-14-. The molecule has 0 aliphatic heterocycles. The van der Waals surface area contributed by atoms with Crippen molar-refractivity contribution in [3.8, 4) is 0 Å². The lowest BCUT2D eigenvalue weighted by molar-refractivity contribution is -0.119. The van der Waals surface area contributed by atoms with Crippen LogP contribution in [-0.2, 0) is 14.8 Å². The monoisotopic (exact) mass is 515 g/mol. The summed E-state index contributed by atoms with van der Waals surface area (Å²) in [5, 5.41) is 3.96. The molecule has 0 saturated heterocycles. The number of carbonyl (C=O) groups is 1. The van der Waals surface area contributed by atoms with E-state index in [2.05, 4.69) is 31.4 Å². The van der Waals surface area contributed by atoms with Gasteiger partial charge in [-0.25, -0.2) is 13.8 Å². The molecule has 1 N–H and O–H groups in total. The molecule has 0 spiro atoms. The number of hydrogen-bond acceptors (Lipinski definition) is 6. The summed E-state index contributed by atoms with van der Waals surface area (Å²) in [4.78, 5) is 18.6. The molecule has 1 heterocycles. The Bertz CT molecular complexity index is 1200. The lowest BCUT2D eigenvalue weighted by atomic mass is 10.2. The van der Waals surface area contributed by atoms with Crippen molar-refractivity contribution in [2.75, 3.05) is 29.8 Å². The second-order valence-corrected chi connectivity index (χ2v) is 9.65. The van der Waals surface area contributed by atoms with Crippen LogP contribution >= 0.6 is 15.9 Å². The van der Waals surface area contributed by atoms with Crippen LogP contribution in [0.2, 0.25) is 0 Å². The van der Waals surface area contributed by atoms with Crippen molar-refractivity contribution in [3.05, 3.63) is 83.1 Å². The van der Waals surface area contributed by atoms with Gasteiger partial charge in [-0.3, -0.25) is 14.1 Å². The van der Waals surface area contributed by atoms with E-state index in [1.807, 2.05) is 37.2 Å². The van der Waals surface area contributed by atoms with Crippen LogP contribution in [0.1, 0.15) is 5.56 Å². The van der Waals surface area contributed by atoms with Gasteiger partial charge in [0, 0.05) is 24.8 Å². The number of anilines is 2. The number of nitrogens with one attached hydrogen (secondary N) is 1. The summed E-state index contributed by atoms with van der Waals surface area (Å²) >= 11 is 3.50. The molecule has 0 aliphatic carbocycles. The third-order valence-electron chi connectivity index (χ3n) is 4.41. The van der Waals surface area contributed by atoms with Crippen LogP contribution in [0.5, 0.6) is 0 Å². The van der Waals surface area contributed by atoms with Gasteiger partial charge in [0.1, 0.15) is 6.54 Å². The number of pyridine rings is 1. The fourth-order valence-corrected chi connectivity index (χ4v) is 5.03. The number of amides is 1. The number of benzene rings is 2. The van der Waals surface area contributed by atoms with Gasteiger partial charge in [-0.15, -0.1) is 0 Å². The molecule has 0 aliphatic rings. The summed E-state index contributed by atoms with van der Waals surface area (Å²) in [6.45, 7) is -0.455. The quantitative estimate of drug-likeness (QED) is 0.367. The largest absolute Gasteiger partial charge is 0.377 e. The molecule has 0 bridgehead atoms. The van der Waals surface area contributed by atoms with E-state index in [-0.39, 0.29) is 10.6 Å². The maximum Gasteiger partial charge on any atom is 0.264 e. The highest BCUT2D eigenvalue weighted by Crippen LogP contribution is 2.25. The molecule has 2 aromatic carbocycles. The Labute approximate surface area is 195 Å². The molecular weight excluding hydrogens is 494 g/mol. The maximum atomic E-state index is 13.2. The van der Waals surface area contributed by atoms with Gasteiger partial charge < -0.3 is 4.90 Å². The first-order chi connectivity index (χ1) is 15.3. The van der Waals surface area contributed by atoms with Crippen LogP contribution in [-0.4, -0.2) is 46.2 Å². The zero-order chi connectivity index (χ0) is 23.1. The molecule has 0 saturated carbocycles. The third-order valence-corrected chi connectivity index (χ3v) is 6.83. The molecule has 0 atom stereocenters. The highest BCUT2D eigenvalue weighted by atomic mass is 79.9. The molecule has 8 nitrogen and oxygen atoms in total. The summed E-state index contributed by atoms with van der Waals surface area (Å²) in [5.41, 5.74) is 4.44. The van der Waals surface area contributed by atoms with Crippen LogP contribution in [0.4, 0.5) is 11.4 Å². The van der Waals surface area contributed by atoms with E-state index in [4.69, 9.17) is 0 Å². The first-order valence-electron chi connectivity index (χ1n) is 9.55. The highest BCUT2D eigenvalue weighted by molar-refractivity contribution is 9.10. The smallest absolute Gasteiger partial charge is 0.264 e. The second kappa shape index (κ2) is 10.4. The Morgan fingerprint density at radius 3 is 2.50 bits per heavy atom. The number of hydrazone groups is 1. The minimum absolute atomic E-state index is 0.0750. The van der Waals surface area contributed by atoms with Crippen LogP contribution in [0.25, 0.3) is 0 Å². The van der Waals surface area contributed by atoms with Gasteiger partial charge in [-0.1, -0.05) is 24.3 Å². The molecule has 3 rings (SSSR count). The van der Waals surface area contributed by atoms with Crippen LogP contribution in [0.15, 0.2) is 87.5 Å². The topological polar surface area (TPSA) is 95.0 Å². The van der Waals surface area contributed by atoms with Gasteiger partial charge in [-0.05, 0) is 57.9 Å². The summed E-state index contributed by atoms with van der Waals surface area (Å²) in [7, 11) is -0.103. The maximum absolute atomic E-state index is 13.2. The minimum atomic E-state index is -3.98. The second-order valence-electron chi connectivity index (χ2n) is 6.93. The van der Waals surface area contributed by atoms with Gasteiger partial charge in [0.2, 0.25) is 0 Å². The summed E-state index contributed by atoms with van der Waals surface area (Å²) in [6.07, 6.45) is 4.41. The Kier molecular flexibility index (Phi) is 7.60. The average Bonchev–Trinajstić information content (AvgIpc) is 2.78. The van der Waals surface area contributed by atoms with Crippen LogP contribution in [0.3, 0.4) is 0 Å². The molecule has 1 aromatic heterocycles. The van der Waals surface area contributed by atoms with Gasteiger partial charge in [0.15, 0.2) is 0 Å². The lowest BCUT2D eigenvalue weighted by Crippen LogP contribution is -2.39. The van der Waals surface area contributed by atoms with Gasteiger partial charge >= 0.3 is 0 Å². The van der Waals surface area contributed by atoms with Gasteiger partial charge in [0.05, 0.1) is 28.7 Å². The number of halogens is 1. The summed E-state index contributed by atoms with van der Waals surface area (Å²) < 4.78 is 28.2. The van der Waals surface area contributed by atoms with Crippen molar-refractivity contribution in [2.45, 2.75) is 4.90 Å². The zero-order valence-corrected chi connectivity index (χ0v) is 19.9. The first kappa shape index (κ1) is 23.4. The molecule has 0 fully saturated rings. The number of aromatic nitrogens is 1. The Morgan fingerprint density at radius 1 is 1.12 bits per heavy atom. The predicted octanol–water partition coefficient (Wildman–Crippen LogP) is 3.26. The Hall–Kier alpha value is -3.24. The highest BCUT2D eigenvalue weighted by Gasteiger charge is 2.27. The van der Waals surface area contributed by atoms with Crippen molar-refractivity contribution < 1.29 is 13.2 Å². The van der Waals surface area contributed by atoms with Crippen LogP contribution in [0, 0.1) is 0 Å². The van der Waals surface area contributed by atoms with E-state index < -0.39 is 22.5 Å². The normalized spacial score (nSPS) is 11.3. The van der Waals surface area contributed by atoms with Crippen molar-refractivity contribution in [1.82, 2.24) is 10.4 Å². The lowest BCUT2D eigenvalue weighted by Gasteiger charge is -2.23. The van der Waals surface area contributed by atoms with Crippen molar-refractivity contribution in [3.63, 3.8) is 0 Å². The number of sulfonamides is 1. The third kappa shape index (κ3) is 5.71. The number of nitrogens with zero attached hydrogens (tertiary/aromatic N) is 4. The van der Waals surface area contributed by atoms with E-state index in [9.17, 15) is 13.2 Å². The summed E-state index contributed by atoms with van der Waals surface area (Å²) in [6, 6.07) is 16.7. The number of carbonyl (C=O) groups excluding carboxylic acids is 1. The summed E-state index contributed by atoms with van der Waals surface area (Å²) in [5.74, 6) is -0.589. The molecule has 0 radical (unpaired) electrons. The molecule has 166 valence electrons. The molecule has 32 heavy (non-hydrogen) atoms. The number of hydrogen-bond donors (Lipinski definition) is 1. The minimum Gasteiger partial charge on any atom is -0.377 e. The Balaban J connectivity index is 1.76. The SMILES string of the molecule is CN(C)c1ccc(/C=N\NC(=O)CN(c2cccnc2)S(=O)(=O)c2ccccc2)cc1Br. The van der Waals surface area contributed by atoms with Crippen molar-refractivity contribution in [1.29, 1.82) is 0 Å². The van der Waals surface area contributed by atoms with Crippen LogP contribution < -0.4 is 14.6 Å². The molecular formula is C22H22BrN5O3S. The molecule has 10 heteroatoms. The van der Waals surface area contributed by atoms with E-state index >= 15 is 0 Å². The number of rotatable bonds is 8.